The van der Waals surface area contributed by atoms with E-state index in [0.717, 1.165) is 16.7 Å². The van der Waals surface area contributed by atoms with Gasteiger partial charge in [-0.3, -0.25) is 9.59 Å². The molecule has 26 heavy (non-hydrogen) atoms. The molecule has 1 aromatic carbocycles. The lowest BCUT2D eigenvalue weighted by Gasteiger charge is -2.15. The van der Waals surface area contributed by atoms with Crippen molar-refractivity contribution in [3.63, 3.8) is 0 Å². The molecule has 2 aromatic heterocycles. The number of anilines is 2. The fourth-order valence-electron chi connectivity index (χ4n) is 2.72. The Morgan fingerprint density at radius 1 is 1.08 bits per heavy atom. The highest BCUT2D eigenvalue weighted by molar-refractivity contribution is 6.05. The Morgan fingerprint density at radius 2 is 1.77 bits per heavy atom. The van der Waals surface area contributed by atoms with E-state index in [0.29, 0.717) is 29.9 Å². The molecule has 6 nitrogen and oxygen atoms in total. The molecule has 0 aliphatic heterocycles. The SMILES string of the molecule is CC(C)(C)C(=O)CCc1cc2cc(C(=O)Nc3ccc(N)cc3)[nH]c2[nH]1. The zero-order valence-corrected chi connectivity index (χ0v) is 15.3. The van der Waals surface area contributed by atoms with Gasteiger partial charge in [0.05, 0.1) is 0 Å². The zero-order chi connectivity index (χ0) is 18.9. The van der Waals surface area contributed by atoms with E-state index in [1.807, 2.05) is 26.8 Å². The maximum absolute atomic E-state index is 12.3. The van der Waals surface area contributed by atoms with Gasteiger partial charge in [0, 0.05) is 34.3 Å². The number of Topliss-reactive ketones (excluding diaryl/α,β-unsaturated/α-hetero) is 1. The van der Waals surface area contributed by atoms with E-state index >= 15 is 0 Å². The first kappa shape index (κ1) is 17.8. The Labute approximate surface area is 152 Å². The summed E-state index contributed by atoms with van der Waals surface area (Å²) in [6.07, 6.45) is 1.16. The number of nitrogen functional groups attached to an aromatic ring is 1. The Hall–Kier alpha value is -3.02. The molecule has 3 rings (SSSR count). The molecular weight excluding hydrogens is 328 g/mol. The van der Waals surface area contributed by atoms with Crippen LogP contribution in [0.4, 0.5) is 11.4 Å². The lowest BCUT2D eigenvalue weighted by Crippen LogP contribution is -2.20. The summed E-state index contributed by atoms with van der Waals surface area (Å²) >= 11 is 0. The van der Waals surface area contributed by atoms with Gasteiger partial charge >= 0.3 is 0 Å². The summed E-state index contributed by atoms with van der Waals surface area (Å²) in [5.41, 5.74) is 8.89. The van der Waals surface area contributed by atoms with Crippen LogP contribution in [0.1, 0.15) is 43.4 Å². The van der Waals surface area contributed by atoms with Crippen LogP contribution in [-0.4, -0.2) is 21.7 Å². The molecule has 6 heteroatoms. The highest BCUT2D eigenvalue weighted by Gasteiger charge is 2.21. The second kappa shape index (κ2) is 6.71. The normalized spacial score (nSPS) is 11.7. The summed E-state index contributed by atoms with van der Waals surface area (Å²) in [7, 11) is 0. The van der Waals surface area contributed by atoms with E-state index in [9.17, 15) is 9.59 Å². The van der Waals surface area contributed by atoms with Gasteiger partial charge in [0.2, 0.25) is 0 Å². The minimum atomic E-state index is -0.319. The summed E-state index contributed by atoms with van der Waals surface area (Å²) in [5, 5.41) is 3.75. The minimum absolute atomic E-state index is 0.219. The molecule has 1 amide bonds. The molecule has 0 aliphatic carbocycles. The van der Waals surface area contributed by atoms with E-state index in [-0.39, 0.29) is 17.1 Å². The molecule has 0 atom stereocenters. The molecule has 0 radical (unpaired) electrons. The van der Waals surface area contributed by atoms with Crippen LogP contribution in [0, 0.1) is 5.41 Å². The van der Waals surface area contributed by atoms with Crippen molar-refractivity contribution < 1.29 is 9.59 Å². The van der Waals surface area contributed by atoms with E-state index in [2.05, 4.69) is 15.3 Å². The summed E-state index contributed by atoms with van der Waals surface area (Å²) in [5.74, 6) is 0.0168. The van der Waals surface area contributed by atoms with E-state index in [1.165, 1.54) is 0 Å². The number of fused-ring (bicyclic) bond motifs is 1. The average Bonchev–Trinajstić information content (AvgIpc) is 3.12. The van der Waals surface area contributed by atoms with E-state index in [4.69, 9.17) is 5.73 Å². The van der Waals surface area contributed by atoms with Gasteiger partial charge in [0.1, 0.15) is 17.1 Å². The number of aromatic amines is 2. The van der Waals surface area contributed by atoms with Crippen molar-refractivity contribution in [3.05, 3.63) is 47.8 Å². The third kappa shape index (κ3) is 3.96. The zero-order valence-electron chi connectivity index (χ0n) is 15.3. The summed E-state index contributed by atoms with van der Waals surface area (Å²) < 4.78 is 0. The van der Waals surface area contributed by atoms with Gasteiger partial charge in [-0.2, -0.15) is 0 Å². The molecule has 2 heterocycles. The maximum Gasteiger partial charge on any atom is 0.272 e. The number of carbonyl (C=O) groups is 2. The van der Waals surface area contributed by atoms with Crippen LogP contribution in [-0.2, 0) is 11.2 Å². The quantitative estimate of drug-likeness (QED) is 0.524. The lowest BCUT2D eigenvalue weighted by molar-refractivity contribution is -0.126. The number of hydrogen-bond donors (Lipinski definition) is 4. The third-order valence-electron chi connectivity index (χ3n) is 4.33. The molecule has 0 saturated carbocycles. The Bertz CT molecular complexity index is 911. The Balaban J connectivity index is 1.67. The molecule has 0 unspecified atom stereocenters. The Kier molecular flexibility index (Phi) is 4.59. The number of nitrogens with two attached hydrogens (primary N) is 1. The second-order valence-corrected chi connectivity index (χ2v) is 7.56. The van der Waals surface area contributed by atoms with Crippen molar-refractivity contribution >= 4 is 34.1 Å². The van der Waals surface area contributed by atoms with Crippen molar-refractivity contribution in [2.75, 3.05) is 11.1 Å². The third-order valence-corrected chi connectivity index (χ3v) is 4.33. The number of carbonyl (C=O) groups excluding carboxylic acids is 2. The van der Waals surface area contributed by atoms with Gasteiger partial charge in [0.15, 0.2) is 0 Å². The van der Waals surface area contributed by atoms with Gasteiger partial charge in [-0.15, -0.1) is 0 Å². The summed E-state index contributed by atoms with van der Waals surface area (Å²) in [6, 6.07) is 10.8. The van der Waals surface area contributed by atoms with Crippen molar-refractivity contribution in [1.82, 2.24) is 9.97 Å². The smallest absolute Gasteiger partial charge is 0.272 e. The van der Waals surface area contributed by atoms with Gasteiger partial charge in [0.25, 0.3) is 5.91 Å². The van der Waals surface area contributed by atoms with Crippen molar-refractivity contribution in [3.8, 4) is 0 Å². The number of rotatable bonds is 5. The molecule has 136 valence electrons. The van der Waals surface area contributed by atoms with Crippen LogP contribution < -0.4 is 11.1 Å². The molecule has 5 N–H and O–H groups in total. The first-order chi connectivity index (χ1) is 12.2. The van der Waals surface area contributed by atoms with Gasteiger partial charge in [-0.05, 0) is 42.8 Å². The number of ketones is 1. The largest absolute Gasteiger partial charge is 0.399 e. The van der Waals surface area contributed by atoms with E-state index < -0.39 is 0 Å². The molecule has 0 spiro atoms. The van der Waals surface area contributed by atoms with Gasteiger partial charge in [-0.1, -0.05) is 20.8 Å². The van der Waals surface area contributed by atoms with Gasteiger partial charge in [-0.25, -0.2) is 0 Å². The number of nitrogens with one attached hydrogen (secondary N) is 3. The number of amides is 1. The number of benzene rings is 1. The van der Waals surface area contributed by atoms with Crippen molar-refractivity contribution in [2.45, 2.75) is 33.6 Å². The molecular formula is C20H24N4O2. The molecule has 0 saturated heterocycles. The lowest BCUT2D eigenvalue weighted by atomic mass is 9.88. The Morgan fingerprint density at radius 3 is 2.38 bits per heavy atom. The number of aryl methyl sites for hydroxylation is 1. The highest BCUT2D eigenvalue weighted by Crippen LogP contribution is 2.21. The first-order valence-corrected chi connectivity index (χ1v) is 8.63. The van der Waals surface area contributed by atoms with Crippen molar-refractivity contribution in [2.24, 2.45) is 5.41 Å². The summed E-state index contributed by atoms with van der Waals surface area (Å²) in [4.78, 5) is 30.7. The standard InChI is InChI=1S/C20H24N4O2/c1-20(2,3)17(25)9-8-15-10-12-11-16(24-18(12)22-15)19(26)23-14-6-4-13(21)5-7-14/h4-7,10-11,22,24H,8-9,21H2,1-3H3,(H,23,26). The molecule has 0 aliphatic rings. The molecule has 3 aromatic rings. The fraction of sp³-hybridized carbons (Fsp3) is 0.300. The number of hydrogen-bond acceptors (Lipinski definition) is 3. The molecule has 0 fully saturated rings. The van der Waals surface area contributed by atoms with Crippen molar-refractivity contribution in [1.29, 1.82) is 0 Å². The monoisotopic (exact) mass is 352 g/mol. The predicted molar refractivity (Wildman–Crippen MR) is 104 cm³/mol. The average molecular weight is 352 g/mol. The fourth-order valence-corrected chi connectivity index (χ4v) is 2.72. The second-order valence-electron chi connectivity index (χ2n) is 7.56. The van der Waals surface area contributed by atoms with Gasteiger partial charge < -0.3 is 21.0 Å². The van der Waals surface area contributed by atoms with Crippen LogP contribution in [0.2, 0.25) is 0 Å². The maximum atomic E-state index is 12.3. The van der Waals surface area contributed by atoms with Crippen LogP contribution in [0.3, 0.4) is 0 Å². The number of H-pyrrole nitrogens is 2. The van der Waals surface area contributed by atoms with Crippen LogP contribution in [0.25, 0.3) is 11.0 Å². The summed E-state index contributed by atoms with van der Waals surface area (Å²) in [6.45, 7) is 5.79. The van der Waals surface area contributed by atoms with Crippen LogP contribution in [0.15, 0.2) is 36.4 Å². The van der Waals surface area contributed by atoms with E-state index in [1.54, 1.807) is 30.3 Å². The first-order valence-electron chi connectivity index (χ1n) is 8.63. The van der Waals surface area contributed by atoms with Crippen LogP contribution in [0.5, 0.6) is 0 Å². The predicted octanol–water partition coefficient (Wildman–Crippen LogP) is 3.88. The van der Waals surface area contributed by atoms with Crippen LogP contribution >= 0.6 is 0 Å². The molecule has 0 bridgehead atoms. The topological polar surface area (TPSA) is 104 Å². The minimum Gasteiger partial charge on any atom is -0.399 e. The number of aromatic nitrogens is 2. The highest BCUT2D eigenvalue weighted by atomic mass is 16.2.